The summed E-state index contributed by atoms with van der Waals surface area (Å²) >= 11 is 0. The fraction of sp³-hybridized carbons (Fsp3) is 0.353. The summed E-state index contributed by atoms with van der Waals surface area (Å²) in [6.07, 6.45) is 3.78. The number of hydrogen-bond acceptors (Lipinski definition) is 4. The number of nitrogens with zero attached hydrogens (tertiary/aromatic N) is 2. The van der Waals surface area contributed by atoms with Crippen LogP contribution in [0, 0.1) is 0 Å². The molecule has 0 unspecified atom stereocenters. The van der Waals surface area contributed by atoms with Crippen LogP contribution >= 0.6 is 0 Å². The average molecular weight is 331 g/mol. The van der Waals surface area contributed by atoms with E-state index in [9.17, 15) is 14.4 Å². The number of benzene rings is 1. The number of hydrogen-bond donors (Lipinski definition) is 1. The molecule has 0 atom stereocenters. The standard InChI is InChI=1S/C17H21N3O4/c1-3-7-15(21)19-10-6-11-20(19)17(23)18-14-9-5-8-13(12-14)16(22)24-4-2/h3,5,7-9,12H,4,6,10-11H2,1-2H3,(H,18,23)/b7-3+. The Bertz CT molecular complexity index is 657. The molecule has 1 aromatic rings. The monoisotopic (exact) mass is 331 g/mol. The summed E-state index contributed by atoms with van der Waals surface area (Å²) in [6, 6.07) is 6.09. The van der Waals surface area contributed by atoms with E-state index in [1.807, 2.05) is 0 Å². The average Bonchev–Trinajstić information content (AvgIpc) is 3.05. The third kappa shape index (κ3) is 4.13. The Morgan fingerprint density at radius 2 is 2.00 bits per heavy atom. The molecule has 0 saturated carbocycles. The van der Waals surface area contributed by atoms with Gasteiger partial charge in [0.25, 0.3) is 5.91 Å². The first-order valence-electron chi connectivity index (χ1n) is 7.86. The molecule has 7 heteroatoms. The number of urea groups is 1. The zero-order chi connectivity index (χ0) is 17.5. The summed E-state index contributed by atoms with van der Waals surface area (Å²) in [5, 5.41) is 5.49. The van der Waals surface area contributed by atoms with Crippen LogP contribution in [-0.2, 0) is 9.53 Å². The van der Waals surface area contributed by atoms with Crippen molar-refractivity contribution in [3.63, 3.8) is 0 Å². The Balaban J connectivity index is 2.07. The van der Waals surface area contributed by atoms with E-state index < -0.39 is 12.0 Å². The van der Waals surface area contributed by atoms with Gasteiger partial charge in [-0.2, -0.15) is 0 Å². The molecule has 1 aromatic carbocycles. The number of rotatable bonds is 4. The maximum absolute atomic E-state index is 12.4. The van der Waals surface area contributed by atoms with Crippen molar-refractivity contribution in [2.75, 3.05) is 25.0 Å². The molecular weight excluding hydrogens is 310 g/mol. The molecule has 0 spiro atoms. The highest BCUT2D eigenvalue weighted by molar-refractivity contribution is 5.95. The van der Waals surface area contributed by atoms with Gasteiger partial charge in [0.1, 0.15) is 0 Å². The molecule has 24 heavy (non-hydrogen) atoms. The maximum atomic E-state index is 12.4. The first-order chi connectivity index (χ1) is 11.6. The molecule has 0 bridgehead atoms. The summed E-state index contributed by atoms with van der Waals surface area (Å²) in [5.41, 5.74) is 0.828. The van der Waals surface area contributed by atoms with Crippen LogP contribution in [0.25, 0.3) is 0 Å². The van der Waals surface area contributed by atoms with Crippen LogP contribution in [0.3, 0.4) is 0 Å². The number of carbonyl (C=O) groups excluding carboxylic acids is 3. The SMILES string of the molecule is C/C=C/C(=O)N1CCCN1C(=O)Nc1cccc(C(=O)OCC)c1. The molecule has 1 fully saturated rings. The molecule has 2 rings (SSSR count). The smallest absolute Gasteiger partial charge is 0.340 e. The minimum Gasteiger partial charge on any atom is -0.462 e. The van der Waals surface area contributed by atoms with E-state index in [2.05, 4.69) is 5.32 Å². The lowest BCUT2D eigenvalue weighted by molar-refractivity contribution is -0.134. The van der Waals surface area contributed by atoms with E-state index in [1.54, 1.807) is 44.2 Å². The molecule has 7 nitrogen and oxygen atoms in total. The predicted octanol–water partition coefficient (Wildman–Crippen LogP) is 2.42. The van der Waals surface area contributed by atoms with Crippen LogP contribution in [0.1, 0.15) is 30.6 Å². The Morgan fingerprint density at radius 1 is 1.25 bits per heavy atom. The van der Waals surface area contributed by atoms with Gasteiger partial charge in [0, 0.05) is 24.9 Å². The van der Waals surface area contributed by atoms with Gasteiger partial charge < -0.3 is 10.1 Å². The summed E-state index contributed by atoms with van der Waals surface area (Å²) in [5.74, 6) is -0.676. The minimum absolute atomic E-state index is 0.231. The summed E-state index contributed by atoms with van der Waals surface area (Å²) in [7, 11) is 0. The minimum atomic E-state index is -0.445. The van der Waals surface area contributed by atoms with Crippen LogP contribution < -0.4 is 5.32 Å². The lowest BCUT2D eigenvalue weighted by Gasteiger charge is -2.27. The van der Waals surface area contributed by atoms with Crippen LogP contribution in [0.5, 0.6) is 0 Å². The second kappa shape index (κ2) is 8.14. The first-order valence-corrected chi connectivity index (χ1v) is 7.86. The van der Waals surface area contributed by atoms with Crippen LogP contribution in [0.4, 0.5) is 10.5 Å². The number of anilines is 1. The van der Waals surface area contributed by atoms with Crippen molar-refractivity contribution < 1.29 is 19.1 Å². The molecule has 1 aliphatic rings. The maximum Gasteiger partial charge on any atom is 0.340 e. The lowest BCUT2D eigenvalue weighted by atomic mass is 10.2. The van der Waals surface area contributed by atoms with Crippen molar-refractivity contribution in [3.05, 3.63) is 42.0 Å². The topological polar surface area (TPSA) is 79.0 Å². The van der Waals surface area contributed by atoms with Crippen LogP contribution in [0.15, 0.2) is 36.4 Å². The number of allylic oxidation sites excluding steroid dienone is 1. The molecule has 1 heterocycles. The molecule has 0 aliphatic carbocycles. The molecule has 1 N–H and O–H groups in total. The zero-order valence-electron chi connectivity index (χ0n) is 13.8. The highest BCUT2D eigenvalue weighted by Gasteiger charge is 2.29. The van der Waals surface area contributed by atoms with Gasteiger partial charge in [-0.15, -0.1) is 0 Å². The van der Waals surface area contributed by atoms with Crippen LogP contribution in [0.2, 0.25) is 0 Å². The number of esters is 1. The van der Waals surface area contributed by atoms with Crippen molar-refractivity contribution in [2.24, 2.45) is 0 Å². The lowest BCUT2D eigenvalue weighted by Crippen LogP contribution is -2.46. The van der Waals surface area contributed by atoms with E-state index in [0.29, 0.717) is 24.3 Å². The fourth-order valence-corrected chi connectivity index (χ4v) is 2.41. The summed E-state index contributed by atoms with van der Waals surface area (Å²) in [6.45, 7) is 4.73. The molecule has 3 amide bonds. The largest absolute Gasteiger partial charge is 0.462 e. The second-order valence-corrected chi connectivity index (χ2v) is 5.17. The summed E-state index contributed by atoms with van der Waals surface area (Å²) < 4.78 is 4.94. The Hall–Kier alpha value is -2.83. The number of nitrogens with one attached hydrogen (secondary N) is 1. The fourth-order valence-electron chi connectivity index (χ4n) is 2.41. The molecule has 1 aliphatic heterocycles. The number of hydrazine groups is 1. The van der Waals surface area contributed by atoms with Gasteiger partial charge in [-0.05, 0) is 38.5 Å². The Morgan fingerprint density at radius 3 is 2.71 bits per heavy atom. The third-order valence-corrected chi connectivity index (χ3v) is 3.45. The van der Waals surface area contributed by atoms with Gasteiger partial charge in [0.15, 0.2) is 0 Å². The Labute approximate surface area is 140 Å². The quantitative estimate of drug-likeness (QED) is 0.679. The highest BCUT2D eigenvalue weighted by atomic mass is 16.5. The number of amides is 3. The molecule has 128 valence electrons. The first kappa shape index (κ1) is 17.5. The second-order valence-electron chi connectivity index (χ2n) is 5.17. The Kier molecular flexibility index (Phi) is 5.95. The van der Waals surface area contributed by atoms with Crippen molar-refractivity contribution in [2.45, 2.75) is 20.3 Å². The van der Waals surface area contributed by atoms with Crippen LogP contribution in [-0.4, -0.2) is 47.6 Å². The van der Waals surface area contributed by atoms with Crippen molar-refractivity contribution in [1.82, 2.24) is 10.0 Å². The van der Waals surface area contributed by atoms with Crippen molar-refractivity contribution in [1.29, 1.82) is 0 Å². The van der Waals surface area contributed by atoms with Gasteiger partial charge in [-0.1, -0.05) is 12.1 Å². The number of ether oxygens (including phenoxy) is 1. The van der Waals surface area contributed by atoms with Gasteiger partial charge in [0.05, 0.1) is 12.2 Å². The van der Waals surface area contributed by atoms with Gasteiger partial charge in [-0.3, -0.25) is 4.79 Å². The molecule has 1 saturated heterocycles. The van der Waals surface area contributed by atoms with E-state index in [4.69, 9.17) is 4.74 Å². The zero-order valence-corrected chi connectivity index (χ0v) is 13.8. The molecule has 0 aromatic heterocycles. The van der Waals surface area contributed by atoms with Gasteiger partial charge in [-0.25, -0.2) is 19.6 Å². The van der Waals surface area contributed by atoms with Crippen molar-refractivity contribution in [3.8, 4) is 0 Å². The predicted molar refractivity (Wildman–Crippen MR) is 89.3 cm³/mol. The number of carbonyl (C=O) groups is 3. The van der Waals surface area contributed by atoms with Gasteiger partial charge >= 0.3 is 12.0 Å². The van der Waals surface area contributed by atoms with E-state index in [0.717, 1.165) is 6.42 Å². The third-order valence-electron chi connectivity index (χ3n) is 3.45. The van der Waals surface area contributed by atoms with Gasteiger partial charge in [0.2, 0.25) is 0 Å². The molecular formula is C17H21N3O4. The highest BCUT2D eigenvalue weighted by Crippen LogP contribution is 2.16. The van der Waals surface area contributed by atoms with E-state index in [1.165, 1.54) is 16.1 Å². The molecule has 0 radical (unpaired) electrons. The van der Waals surface area contributed by atoms with E-state index >= 15 is 0 Å². The van der Waals surface area contributed by atoms with E-state index in [-0.39, 0.29) is 12.5 Å². The summed E-state index contributed by atoms with van der Waals surface area (Å²) in [4.78, 5) is 36.2. The van der Waals surface area contributed by atoms with Crippen molar-refractivity contribution >= 4 is 23.6 Å². The normalized spacial score (nSPS) is 14.1.